The van der Waals surface area contributed by atoms with Crippen molar-refractivity contribution in [2.75, 3.05) is 6.61 Å². The Bertz CT molecular complexity index is 309. The van der Waals surface area contributed by atoms with Gasteiger partial charge in [0.15, 0.2) is 6.10 Å². The summed E-state index contributed by atoms with van der Waals surface area (Å²) < 4.78 is 6.28. The van der Waals surface area contributed by atoms with E-state index < -0.39 is 12.1 Å². The van der Waals surface area contributed by atoms with Gasteiger partial charge in [0, 0.05) is 19.7 Å². The second kappa shape index (κ2) is 4.76. The van der Waals surface area contributed by atoms with Crippen LogP contribution in [0.15, 0.2) is 12.3 Å². The Hall–Kier alpha value is -1.36. The summed E-state index contributed by atoms with van der Waals surface area (Å²) in [7, 11) is 1.78. The number of esters is 1. The zero-order chi connectivity index (χ0) is 10.6. The highest BCUT2D eigenvalue weighted by molar-refractivity contribution is 5.74. The van der Waals surface area contributed by atoms with Gasteiger partial charge in [-0.1, -0.05) is 0 Å². The number of nitrogens with zero attached hydrogens (tertiary/aromatic N) is 2. The van der Waals surface area contributed by atoms with Gasteiger partial charge >= 0.3 is 5.97 Å². The minimum Gasteiger partial charge on any atom is -0.464 e. The molecule has 0 spiro atoms. The minimum atomic E-state index is -1.12. The van der Waals surface area contributed by atoms with Gasteiger partial charge in [0.2, 0.25) is 0 Å². The zero-order valence-electron chi connectivity index (χ0n) is 8.30. The highest BCUT2D eigenvalue weighted by Gasteiger charge is 2.17. The quantitative estimate of drug-likeness (QED) is 0.685. The molecule has 14 heavy (non-hydrogen) atoms. The lowest BCUT2D eigenvalue weighted by Gasteiger charge is -2.07. The van der Waals surface area contributed by atoms with Gasteiger partial charge in [-0.15, -0.1) is 0 Å². The van der Waals surface area contributed by atoms with Crippen molar-refractivity contribution in [2.45, 2.75) is 19.4 Å². The second-order valence-electron chi connectivity index (χ2n) is 2.95. The molecular weight excluding hydrogens is 184 g/mol. The number of aryl methyl sites for hydroxylation is 1. The van der Waals surface area contributed by atoms with Crippen molar-refractivity contribution in [3.8, 4) is 0 Å². The van der Waals surface area contributed by atoms with Gasteiger partial charge in [0.25, 0.3) is 0 Å². The molecule has 0 aliphatic rings. The Balaban J connectivity index is 2.48. The third-order valence-electron chi connectivity index (χ3n) is 1.73. The van der Waals surface area contributed by atoms with Gasteiger partial charge in [-0.2, -0.15) is 5.10 Å². The van der Waals surface area contributed by atoms with E-state index in [4.69, 9.17) is 0 Å². The van der Waals surface area contributed by atoms with Crippen LogP contribution in [0.3, 0.4) is 0 Å². The summed E-state index contributed by atoms with van der Waals surface area (Å²) in [5.74, 6) is -0.599. The zero-order valence-corrected chi connectivity index (χ0v) is 8.30. The van der Waals surface area contributed by atoms with Crippen molar-refractivity contribution in [2.24, 2.45) is 7.05 Å². The highest BCUT2D eigenvalue weighted by atomic mass is 16.5. The fourth-order valence-corrected chi connectivity index (χ4v) is 1.09. The van der Waals surface area contributed by atoms with Crippen molar-refractivity contribution < 1.29 is 14.6 Å². The molecule has 0 fully saturated rings. The monoisotopic (exact) mass is 198 g/mol. The number of rotatable bonds is 4. The predicted molar refractivity (Wildman–Crippen MR) is 49.6 cm³/mol. The average Bonchev–Trinajstić information content (AvgIpc) is 2.51. The van der Waals surface area contributed by atoms with Crippen LogP contribution in [0.4, 0.5) is 0 Å². The molecule has 78 valence electrons. The Morgan fingerprint density at radius 1 is 1.79 bits per heavy atom. The first-order valence-electron chi connectivity index (χ1n) is 4.46. The van der Waals surface area contributed by atoms with Crippen LogP contribution in [-0.4, -0.2) is 33.6 Å². The third kappa shape index (κ3) is 2.85. The molecule has 1 rings (SSSR count). The molecule has 0 aliphatic heterocycles. The topological polar surface area (TPSA) is 64.3 Å². The lowest BCUT2D eigenvalue weighted by molar-refractivity contribution is -0.152. The predicted octanol–water partition coefficient (Wildman–Crippen LogP) is -0.113. The number of hydrogen-bond donors (Lipinski definition) is 1. The van der Waals surface area contributed by atoms with Crippen LogP contribution >= 0.6 is 0 Å². The fourth-order valence-electron chi connectivity index (χ4n) is 1.09. The normalized spacial score (nSPS) is 12.5. The first-order chi connectivity index (χ1) is 6.63. The van der Waals surface area contributed by atoms with Gasteiger partial charge < -0.3 is 9.84 Å². The van der Waals surface area contributed by atoms with Gasteiger partial charge in [-0.05, 0) is 13.0 Å². The van der Waals surface area contributed by atoms with Crippen LogP contribution < -0.4 is 0 Å². The molecule has 0 radical (unpaired) electrons. The van der Waals surface area contributed by atoms with E-state index in [1.165, 1.54) is 0 Å². The van der Waals surface area contributed by atoms with Crippen LogP contribution in [-0.2, 0) is 23.0 Å². The fraction of sp³-hybridized carbons (Fsp3) is 0.556. The molecule has 1 N–H and O–H groups in total. The van der Waals surface area contributed by atoms with Crippen molar-refractivity contribution in [1.82, 2.24) is 9.78 Å². The first kappa shape index (κ1) is 10.7. The van der Waals surface area contributed by atoms with Crippen LogP contribution in [0.5, 0.6) is 0 Å². The minimum absolute atomic E-state index is 0.194. The number of aromatic nitrogens is 2. The summed E-state index contributed by atoms with van der Waals surface area (Å²) in [4.78, 5) is 11.0. The maximum absolute atomic E-state index is 11.0. The number of aliphatic hydroxyl groups excluding tert-OH is 1. The summed E-state index contributed by atoms with van der Waals surface area (Å²) in [6, 6.07) is 1.75. The molecule has 1 aromatic rings. The SMILES string of the molecule is CCOC(=O)C(O)Cc1ccn(C)n1. The van der Waals surface area contributed by atoms with Gasteiger partial charge in [-0.3, -0.25) is 4.68 Å². The van der Waals surface area contributed by atoms with E-state index in [0.29, 0.717) is 5.69 Å². The third-order valence-corrected chi connectivity index (χ3v) is 1.73. The van der Waals surface area contributed by atoms with Crippen molar-refractivity contribution in [3.63, 3.8) is 0 Å². The molecule has 1 aromatic heterocycles. The van der Waals surface area contributed by atoms with Crippen molar-refractivity contribution in [3.05, 3.63) is 18.0 Å². The Labute approximate surface area is 82.3 Å². The molecular formula is C9H14N2O3. The molecule has 0 aromatic carbocycles. The van der Waals surface area contributed by atoms with E-state index in [9.17, 15) is 9.90 Å². The largest absolute Gasteiger partial charge is 0.464 e. The lowest BCUT2D eigenvalue weighted by atomic mass is 10.2. The van der Waals surface area contributed by atoms with Crippen LogP contribution in [0.25, 0.3) is 0 Å². The maximum Gasteiger partial charge on any atom is 0.335 e. The average molecular weight is 198 g/mol. The molecule has 1 heterocycles. The number of aliphatic hydroxyl groups is 1. The van der Waals surface area contributed by atoms with Crippen LogP contribution in [0, 0.1) is 0 Å². The highest BCUT2D eigenvalue weighted by Crippen LogP contribution is 2.01. The molecule has 5 heteroatoms. The van der Waals surface area contributed by atoms with Gasteiger partial charge in [0.1, 0.15) is 0 Å². The molecule has 0 bridgehead atoms. The second-order valence-corrected chi connectivity index (χ2v) is 2.95. The van der Waals surface area contributed by atoms with Gasteiger partial charge in [0.05, 0.1) is 12.3 Å². The van der Waals surface area contributed by atoms with E-state index in [1.54, 1.807) is 30.9 Å². The molecule has 0 saturated heterocycles. The number of carbonyl (C=O) groups is 1. The Morgan fingerprint density at radius 3 is 3.00 bits per heavy atom. The van der Waals surface area contributed by atoms with Crippen LogP contribution in [0.1, 0.15) is 12.6 Å². The Kier molecular flexibility index (Phi) is 3.64. The summed E-state index contributed by atoms with van der Waals surface area (Å²) in [6.07, 6.45) is 0.831. The molecule has 0 aliphatic carbocycles. The number of carbonyl (C=O) groups excluding carboxylic acids is 1. The smallest absolute Gasteiger partial charge is 0.335 e. The van der Waals surface area contributed by atoms with Crippen molar-refractivity contribution >= 4 is 5.97 Å². The molecule has 1 atom stereocenters. The molecule has 5 nitrogen and oxygen atoms in total. The van der Waals surface area contributed by atoms with Gasteiger partial charge in [-0.25, -0.2) is 4.79 Å². The Morgan fingerprint density at radius 2 is 2.50 bits per heavy atom. The summed E-state index contributed by atoms with van der Waals surface area (Å²) in [5, 5.41) is 13.4. The van der Waals surface area contributed by atoms with Crippen LogP contribution in [0.2, 0.25) is 0 Å². The molecule has 0 amide bonds. The maximum atomic E-state index is 11.0. The van der Waals surface area contributed by atoms with E-state index in [-0.39, 0.29) is 13.0 Å². The summed E-state index contributed by atoms with van der Waals surface area (Å²) in [6.45, 7) is 1.98. The standard InChI is InChI=1S/C9H14N2O3/c1-3-14-9(13)8(12)6-7-4-5-11(2)10-7/h4-5,8,12H,3,6H2,1-2H3. The van der Waals surface area contributed by atoms with E-state index in [1.807, 2.05) is 0 Å². The number of ether oxygens (including phenoxy) is 1. The summed E-state index contributed by atoms with van der Waals surface area (Å²) in [5.41, 5.74) is 0.674. The van der Waals surface area contributed by atoms with E-state index >= 15 is 0 Å². The van der Waals surface area contributed by atoms with Crippen molar-refractivity contribution in [1.29, 1.82) is 0 Å². The summed E-state index contributed by atoms with van der Waals surface area (Å²) >= 11 is 0. The van der Waals surface area contributed by atoms with E-state index in [0.717, 1.165) is 0 Å². The molecule has 0 saturated carbocycles. The van der Waals surface area contributed by atoms with E-state index in [2.05, 4.69) is 9.84 Å². The number of hydrogen-bond acceptors (Lipinski definition) is 4. The molecule has 1 unspecified atom stereocenters. The lowest BCUT2D eigenvalue weighted by Crippen LogP contribution is -2.25. The first-order valence-corrected chi connectivity index (χ1v) is 4.46.